The Hall–Kier alpha value is -1.71. The topological polar surface area (TPSA) is 92.5 Å². The van der Waals surface area contributed by atoms with Gasteiger partial charge in [0.15, 0.2) is 5.76 Å². The van der Waals surface area contributed by atoms with E-state index in [0.717, 1.165) is 49.2 Å². The smallest absolute Gasteiger partial charge is 0.287 e. The van der Waals surface area contributed by atoms with E-state index in [0.29, 0.717) is 19.6 Å². The maximum Gasteiger partial charge on any atom is 0.287 e. The van der Waals surface area contributed by atoms with Crippen molar-refractivity contribution >= 4 is 27.3 Å². The summed E-state index contributed by atoms with van der Waals surface area (Å²) in [4.78, 5) is 16.6. The molecule has 0 aliphatic carbocycles. The molecule has 7 nitrogen and oxygen atoms in total. The zero-order valence-electron chi connectivity index (χ0n) is 15.4. The maximum atomic E-state index is 12.6. The van der Waals surface area contributed by atoms with E-state index < -0.39 is 10.0 Å². The van der Waals surface area contributed by atoms with Gasteiger partial charge in [-0.25, -0.2) is 13.4 Å². The molecule has 0 aromatic carbocycles. The number of thiazole rings is 1. The molecule has 1 aliphatic rings. The van der Waals surface area contributed by atoms with E-state index in [-0.39, 0.29) is 16.8 Å². The first-order valence-corrected chi connectivity index (χ1v) is 11.6. The monoisotopic (exact) mass is 411 g/mol. The molecule has 27 heavy (non-hydrogen) atoms. The number of amides is 1. The summed E-state index contributed by atoms with van der Waals surface area (Å²) in [7, 11) is -3.65. The molecule has 1 aliphatic heterocycles. The highest BCUT2D eigenvalue weighted by Crippen LogP contribution is 2.22. The third kappa shape index (κ3) is 5.18. The predicted molar refractivity (Wildman–Crippen MR) is 103 cm³/mol. The van der Waals surface area contributed by atoms with Crippen LogP contribution in [-0.4, -0.2) is 43.2 Å². The van der Waals surface area contributed by atoms with E-state index in [4.69, 9.17) is 4.42 Å². The Labute approximate surface area is 163 Å². The van der Waals surface area contributed by atoms with Crippen LogP contribution in [0.15, 0.2) is 27.0 Å². The summed E-state index contributed by atoms with van der Waals surface area (Å²) in [5.41, 5.74) is 1.04. The number of furan rings is 1. The summed E-state index contributed by atoms with van der Waals surface area (Å²) in [6.45, 7) is 3.49. The largest absolute Gasteiger partial charge is 0.438 e. The lowest BCUT2D eigenvalue weighted by Crippen LogP contribution is -2.35. The molecule has 0 spiro atoms. The third-order valence-corrected chi connectivity index (χ3v) is 7.28. The van der Waals surface area contributed by atoms with Crippen LogP contribution in [0, 0.1) is 6.92 Å². The van der Waals surface area contributed by atoms with Crippen LogP contribution >= 0.6 is 11.3 Å². The number of aromatic nitrogens is 1. The Morgan fingerprint density at radius 2 is 2.04 bits per heavy atom. The highest BCUT2D eigenvalue weighted by molar-refractivity contribution is 7.89. The van der Waals surface area contributed by atoms with Crippen LogP contribution in [-0.2, 0) is 16.4 Å². The molecule has 0 radical (unpaired) electrons. The van der Waals surface area contributed by atoms with Crippen LogP contribution < -0.4 is 5.32 Å². The van der Waals surface area contributed by atoms with E-state index in [9.17, 15) is 13.2 Å². The number of hydrogen-bond donors (Lipinski definition) is 1. The molecule has 1 saturated heterocycles. The number of sulfonamides is 1. The average Bonchev–Trinajstić information content (AvgIpc) is 3.32. The van der Waals surface area contributed by atoms with Gasteiger partial charge in [-0.15, -0.1) is 11.3 Å². The van der Waals surface area contributed by atoms with Crippen molar-refractivity contribution in [3.05, 3.63) is 34.0 Å². The summed E-state index contributed by atoms with van der Waals surface area (Å²) in [5.74, 6) is -0.360. The fraction of sp³-hybridized carbons (Fsp3) is 0.556. The van der Waals surface area contributed by atoms with Crippen LogP contribution in [0.4, 0.5) is 0 Å². The van der Waals surface area contributed by atoms with Crippen LogP contribution in [0.3, 0.4) is 0 Å². The first-order valence-electron chi connectivity index (χ1n) is 9.26. The second-order valence-corrected chi connectivity index (χ2v) is 9.49. The lowest BCUT2D eigenvalue weighted by Gasteiger charge is -2.24. The number of aryl methyl sites for hydroxylation is 2. The van der Waals surface area contributed by atoms with Crippen LogP contribution in [0.25, 0.3) is 0 Å². The van der Waals surface area contributed by atoms with Crippen LogP contribution in [0.5, 0.6) is 0 Å². The first-order chi connectivity index (χ1) is 13.0. The van der Waals surface area contributed by atoms with Gasteiger partial charge in [0.25, 0.3) is 15.9 Å². The van der Waals surface area contributed by atoms with Crippen molar-refractivity contribution in [1.82, 2.24) is 14.6 Å². The molecule has 1 N–H and O–H groups in total. The van der Waals surface area contributed by atoms with Gasteiger partial charge in [-0.05, 0) is 51.2 Å². The molecule has 2 aromatic rings. The standard InChI is InChI=1S/C18H25N3O4S2/c1-14-13-26-16(20-14)7-3-4-10-19-18(22)15-8-9-17(25-15)27(23,24)21-11-5-2-6-12-21/h8-9,13H,2-7,10-12H2,1H3,(H,19,22). The first kappa shape index (κ1) is 20.0. The number of rotatable bonds is 8. The normalized spacial score (nSPS) is 15.7. The van der Waals surface area contributed by atoms with Crippen molar-refractivity contribution in [3.8, 4) is 0 Å². The van der Waals surface area contributed by atoms with Gasteiger partial charge in [0.1, 0.15) is 0 Å². The Morgan fingerprint density at radius 1 is 1.26 bits per heavy atom. The number of hydrogen-bond acceptors (Lipinski definition) is 6. The number of nitrogens with zero attached hydrogens (tertiary/aromatic N) is 2. The number of nitrogens with one attached hydrogen (secondary N) is 1. The molecule has 1 fully saturated rings. The maximum absolute atomic E-state index is 12.6. The molecule has 0 bridgehead atoms. The lowest BCUT2D eigenvalue weighted by molar-refractivity contribution is 0.0919. The molecular weight excluding hydrogens is 386 g/mol. The van der Waals surface area contributed by atoms with E-state index in [1.165, 1.54) is 16.4 Å². The van der Waals surface area contributed by atoms with E-state index in [1.54, 1.807) is 11.3 Å². The van der Waals surface area contributed by atoms with Crippen molar-refractivity contribution in [1.29, 1.82) is 0 Å². The quantitative estimate of drug-likeness (QED) is 0.674. The lowest BCUT2D eigenvalue weighted by atomic mass is 10.2. The number of carbonyl (C=O) groups is 1. The third-order valence-electron chi connectivity index (χ3n) is 4.48. The van der Waals surface area contributed by atoms with E-state index in [1.807, 2.05) is 12.3 Å². The number of unbranched alkanes of at least 4 members (excludes halogenated alkanes) is 1. The van der Waals surface area contributed by atoms with Crippen molar-refractivity contribution in [2.45, 2.75) is 50.5 Å². The highest BCUT2D eigenvalue weighted by atomic mass is 32.2. The minimum atomic E-state index is -3.65. The van der Waals surface area contributed by atoms with Gasteiger partial charge in [-0.2, -0.15) is 4.31 Å². The van der Waals surface area contributed by atoms with Gasteiger partial charge in [-0.1, -0.05) is 6.42 Å². The van der Waals surface area contributed by atoms with Gasteiger partial charge in [0, 0.05) is 30.7 Å². The molecule has 0 atom stereocenters. The minimum Gasteiger partial charge on any atom is -0.438 e. The molecule has 9 heteroatoms. The van der Waals surface area contributed by atoms with Gasteiger partial charge in [-0.3, -0.25) is 4.79 Å². The second-order valence-electron chi connectivity index (χ2n) is 6.68. The van der Waals surface area contributed by atoms with Crippen molar-refractivity contribution in [2.24, 2.45) is 0 Å². The van der Waals surface area contributed by atoms with Crippen LogP contribution in [0.1, 0.15) is 53.4 Å². The molecule has 1 amide bonds. The summed E-state index contributed by atoms with van der Waals surface area (Å²) in [5, 5.41) is 5.76. The van der Waals surface area contributed by atoms with Crippen molar-refractivity contribution in [3.63, 3.8) is 0 Å². The predicted octanol–water partition coefficient (Wildman–Crippen LogP) is 2.97. The zero-order valence-corrected chi connectivity index (χ0v) is 17.1. The van der Waals surface area contributed by atoms with Gasteiger partial charge < -0.3 is 9.73 Å². The second kappa shape index (κ2) is 8.99. The van der Waals surface area contributed by atoms with Crippen molar-refractivity contribution < 1.29 is 17.6 Å². The minimum absolute atomic E-state index is 0.0288. The Kier molecular flexibility index (Phi) is 6.67. The fourth-order valence-corrected chi connectivity index (χ4v) is 5.27. The summed E-state index contributed by atoms with van der Waals surface area (Å²) in [6, 6.07) is 2.79. The number of piperidine rings is 1. The fourth-order valence-electron chi connectivity index (χ4n) is 3.02. The van der Waals surface area contributed by atoms with Gasteiger partial charge >= 0.3 is 0 Å². The molecule has 0 saturated carbocycles. The molecule has 2 aromatic heterocycles. The van der Waals surface area contributed by atoms with Gasteiger partial charge in [0.2, 0.25) is 5.09 Å². The van der Waals surface area contributed by atoms with E-state index in [2.05, 4.69) is 10.3 Å². The molecule has 3 rings (SSSR count). The zero-order chi connectivity index (χ0) is 19.3. The molecule has 148 valence electrons. The Bertz CT molecular complexity index is 867. The Morgan fingerprint density at radius 3 is 2.74 bits per heavy atom. The Balaban J connectivity index is 1.46. The van der Waals surface area contributed by atoms with Gasteiger partial charge in [0.05, 0.1) is 5.01 Å². The SMILES string of the molecule is Cc1csc(CCCCNC(=O)c2ccc(S(=O)(=O)N3CCCCC3)o2)n1. The summed E-state index contributed by atoms with van der Waals surface area (Å²) >= 11 is 1.65. The van der Waals surface area contributed by atoms with Crippen LogP contribution in [0.2, 0.25) is 0 Å². The highest BCUT2D eigenvalue weighted by Gasteiger charge is 2.29. The average molecular weight is 412 g/mol. The number of carbonyl (C=O) groups excluding carboxylic acids is 1. The molecule has 0 unspecified atom stereocenters. The summed E-state index contributed by atoms with van der Waals surface area (Å²) in [6.07, 6.45) is 5.40. The van der Waals surface area contributed by atoms with Crippen molar-refractivity contribution in [2.75, 3.05) is 19.6 Å². The van der Waals surface area contributed by atoms with E-state index >= 15 is 0 Å². The molecular formula is C18H25N3O4S2. The molecule has 3 heterocycles. The summed E-state index contributed by atoms with van der Waals surface area (Å²) < 4.78 is 31.9.